The van der Waals surface area contributed by atoms with Crippen LogP contribution in [0.4, 0.5) is 0 Å². The molecule has 0 atom stereocenters. The van der Waals surface area contributed by atoms with Gasteiger partial charge in [0.25, 0.3) is 0 Å². The van der Waals surface area contributed by atoms with Crippen LogP contribution in [0.15, 0.2) is 0 Å². The van der Waals surface area contributed by atoms with Gasteiger partial charge < -0.3 is 4.90 Å². The molecule has 0 spiro atoms. The molecule has 0 fully saturated rings. The van der Waals surface area contributed by atoms with E-state index in [1.54, 1.807) is 4.90 Å². The zero-order valence-corrected chi connectivity index (χ0v) is 9.27. The van der Waals surface area contributed by atoms with E-state index >= 15 is 0 Å². The molecule has 0 rings (SSSR count). The number of carbonyl (C=O) groups is 1. The Morgan fingerprint density at radius 2 is 1.80 bits per heavy atom. The second-order valence-electron chi connectivity index (χ2n) is 1.81. The van der Waals surface area contributed by atoms with Gasteiger partial charge in [0.05, 0.1) is 0 Å². The van der Waals surface area contributed by atoms with Crippen molar-refractivity contribution >= 4 is 37.8 Å². The number of hydrogen-bond donors (Lipinski definition) is 0. The number of carbonyl (C=O) groups excluding carboxylic acids is 1. The first-order valence-corrected chi connectivity index (χ1v) is 5.03. The molecule has 0 N–H and O–H groups in total. The van der Waals surface area contributed by atoms with E-state index < -0.39 is 0 Å². The zero-order chi connectivity index (χ0) is 8.15. The lowest BCUT2D eigenvalue weighted by Gasteiger charge is -2.18. The molecule has 0 saturated heterocycles. The molecule has 10 heavy (non-hydrogen) atoms. The van der Waals surface area contributed by atoms with E-state index in [2.05, 4.69) is 31.9 Å². The van der Waals surface area contributed by atoms with Crippen LogP contribution in [0.3, 0.4) is 0 Å². The molecule has 0 aromatic heterocycles. The summed E-state index contributed by atoms with van der Waals surface area (Å²) in [5.74, 6) is 0.0880. The predicted molar refractivity (Wildman–Crippen MR) is 49.6 cm³/mol. The van der Waals surface area contributed by atoms with Crippen LogP contribution < -0.4 is 0 Å². The molecule has 60 valence electrons. The van der Waals surface area contributed by atoms with Crippen molar-refractivity contribution in [1.82, 2.24) is 4.90 Å². The van der Waals surface area contributed by atoms with E-state index in [1.165, 1.54) is 0 Å². The standard InChI is InChI=1S/C6H11Br2NO/c1-3-9(4-2)6(10)5(7)8/h5H,3-4H2,1-2H3. The SMILES string of the molecule is CCN(CC)C(=O)C(Br)Br. The summed E-state index contributed by atoms with van der Waals surface area (Å²) in [4.78, 5) is 12.9. The van der Waals surface area contributed by atoms with E-state index in [9.17, 15) is 4.79 Å². The van der Waals surface area contributed by atoms with E-state index in [0.29, 0.717) is 0 Å². The number of amides is 1. The lowest BCUT2D eigenvalue weighted by molar-refractivity contribution is -0.128. The third-order valence-electron chi connectivity index (χ3n) is 1.26. The Balaban J connectivity index is 3.89. The molecular weight excluding hydrogens is 262 g/mol. The molecule has 0 aliphatic heterocycles. The monoisotopic (exact) mass is 271 g/mol. The second-order valence-corrected chi connectivity index (χ2v) is 4.87. The van der Waals surface area contributed by atoms with Crippen LogP contribution in [-0.2, 0) is 4.79 Å². The number of halogens is 2. The van der Waals surface area contributed by atoms with Crippen LogP contribution in [0.1, 0.15) is 13.8 Å². The number of rotatable bonds is 3. The molecule has 0 heterocycles. The maximum atomic E-state index is 11.1. The minimum Gasteiger partial charge on any atom is -0.342 e. The lowest BCUT2D eigenvalue weighted by Crippen LogP contribution is -2.33. The largest absolute Gasteiger partial charge is 0.342 e. The van der Waals surface area contributed by atoms with Crippen LogP contribution in [0.2, 0.25) is 0 Å². The van der Waals surface area contributed by atoms with Gasteiger partial charge in [-0.05, 0) is 13.8 Å². The second kappa shape index (κ2) is 5.13. The molecule has 0 aliphatic carbocycles. The van der Waals surface area contributed by atoms with Crippen molar-refractivity contribution < 1.29 is 4.79 Å². The Labute approximate surface area is 78.2 Å². The first kappa shape index (κ1) is 10.4. The maximum absolute atomic E-state index is 11.1. The fourth-order valence-corrected chi connectivity index (χ4v) is 1.25. The van der Waals surface area contributed by atoms with Gasteiger partial charge in [0.1, 0.15) is 3.74 Å². The molecule has 1 amide bonds. The van der Waals surface area contributed by atoms with E-state index in [4.69, 9.17) is 0 Å². The fourth-order valence-electron chi connectivity index (χ4n) is 0.673. The molecule has 4 heteroatoms. The number of nitrogens with zero attached hydrogens (tertiary/aromatic N) is 1. The van der Waals surface area contributed by atoms with Crippen molar-refractivity contribution in [2.24, 2.45) is 0 Å². The van der Waals surface area contributed by atoms with Gasteiger partial charge in [-0.1, -0.05) is 31.9 Å². The Hall–Kier alpha value is 0.430. The van der Waals surface area contributed by atoms with Crippen molar-refractivity contribution in [3.05, 3.63) is 0 Å². The Kier molecular flexibility index (Phi) is 5.35. The highest BCUT2D eigenvalue weighted by Crippen LogP contribution is 2.11. The zero-order valence-electron chi connectivity index (χ0n) is 6.10. The summed E-state index contributed by atoms with van der Waals surface area (Å²) in [5.41, 5.74) is 0. The average molecular weight is 273 g/mol. The van der Waals surface area contributed by atoms with Crippen LogP contribution >= 0.6 is 31.9 Å². The van der Waals surface area contributed by atoms with Crippen LogP contribution in [0.5, 0.6) is 0 Å². The van der Waals surface area contributed by atoms with Gasteiger partial charge in [-0.2, -0.15) is 0 Å². The molecule has 0 bridgehead atoms. The molecule has 0 saturated carbocycles. The van der Waals surface area contributed by atoms with E-state index in [0.717, 1.165) is 13.1 Å². The average Bonchev–Trinajstić information content (AvgIpc) is 1.90. The Bertz CT molecular complexity index is 112. The minimum atomic E-state index is -0.236. The quantitative estimate of drug-likeness (QED) is 0.720. The summed E-state index contributed by atoms with van der Waals surface area (Å²) < 4.78 is -0.236. The maximum Gasteiger partial charge on any atom is 0.247 e. The third-order valence-corrected chi connectivity index (χ3v) is 2.05. The normalized spacial score (nSPS) is 10.1. The van der Waals surface area contributed by atoms with Gasteiger partial charge >= 0.3 is 0 Å². The van der Waals surface area contributed by atoms with Gasteiger partial charge in [-0.25, -0.2) is 0 Å². The highest BCUT2D eigenvalue weighted by atomic mass is 79.9. The summed E-state index contributed by atoms with van der Waals surface area (Å²) in [7, 11) is 0. The van der Waals surface area contributed by atoms with E-state index in [-0.39, 0.29) is 9.64 Å². The van der Waals surface area contributed by atoms with Crippen molar-refractivity contribution in [2.75, 3.05) is 13.1 Å². The summed E-state index contributed by atoms with van der Waals surface area (Å²) in [6.07, 6.45) is 0. The van der Waals surface area contributed by atoms with Crippen molar-refractivity contribution in [3.8, 4) is 0 Å². The molecule has 0 unspecified atom stereocenters. The highest BCUT2D eigenvalue weighted by molar-refractivity contribution is 9.25. The van der Waals surface area contributed by atoms with Gasteiger partial charge in [0.15, 0.2) is 0 Å². The Morgan fingerprint density at radius 1 is 1.40 bits per heavy atom. The summed E-state index contributed by atoms with van der Waals surface area (Å²) in [6, 6.07) is 0. The Morgan fingerprint density at radius 3 is 1.90 bits per heavy atom. The molecule has 0 aromatic rings. The van der Waals surface area contributed by atoms with Gasteiger partial charge in [0.2, 0.25) is 5.91 Å². The summed E-state index contributed by atoms with van der Waals surface area (Å²) >= 11 is 6.29. The van der Waals surface area contributed by atoms with Gasteiger partial charge in [-0.15, -0.1) is 0 Å². The number of hydrogen-bond acceptors (Lipinski definition) is 1. The smallest absolute Gasteiger partial charge is 0.247 e. The third kappa shape index (κ3) is 3.01. The molecule has 0 aliphatic rings. The minimum absolute atomic E-state index is 0.0880. The van der Waals surface area contributed by atoms with Crippen LogP contribution in [0, 0.1) is 0 Å². The fraction of sp³-hybridized carbons (Fsp3) is 0.833. The van der Waals surface area contributed by atoms with Gasteiger partial charge in [-0.3, -0.25) is 4.79 Å². The number of alkyl halides is 2. The van der Waals surface area contributed by atoms with Crippen molar-refractivity contribution in [1.29, 1.82) is 0 Å². The first-order chi connectivity index (χ1) is 4.63. The molecule has 2 nitrogen and oxygen atoms in total. The van der Waals surface area contributed by atoms with Gasteiger partial charge in [0, 0.05) is 13.1 Å². The summed E-state index contributed by atoms with van der Waals surface area (Å²) in [6.45, 7) is 5.46. The topological polar surface area (TPSA) is 20.3 Å². The molecule has 0 aromatic carbocycles. The van der Waals surface area contributed by atoms with E-state index in [1.807, 2.05) is 13.8 Å². The predicted octanol–water partition coefficient (Wildman–Crippen LogP) is 1.97. The van der Waals surface area contributed by atoms with Crippen LogP contribution in [-0.4, -0.2) is 27.6 Å². The molecular formula is C6H11Br2NO. The van der Waals surface area contributed by atoms with Crippen LogP contribution in [0.25, 0.3) is 0 Å². The molecule has 0 radical (unpaired) electrons. The highest BCUT2D eigenvalue weighted by Gasteiger charge is 2.15. The lowest BCUT2D eigenvalue weighted by atomic mass is 10.5. The first-order valence-electron chi connectivity index (χ1n) is 3.20. The summed E-state index contributed by atoms with van der Waals surface area (Å²) in [5, 5.41) is 0. The van der Waals surface area contributed by atoms with Crippen molar-refractivity contribution in [2.45, 2.75) is 17.6 Å². The van der Waals surface area contributed by atoms with Crippen molar-refractivity contribution in [3.63, 3.8) is 0 Å².